The van der Waals surface area contributed by atoms with E-state index in [1.165, 1.54) is 0 Å². The Balaban J connectivity index is 1.84. The first-order chi connectivity index (χ1) is 10.6. The van der Waals surface area contributed by atoms with Gasteiger partial charge in [0, 0.05) is 29.6 Å². The third-order valence-corrected chi connectivity index (χ3v) is 3.11. The molecule has 2 N–H and O–H groups in total. The molecule has 0 aliphatic rings. The van der Waals surface area contributed by atoms with E-state index in [9.17, 15) is 4.79 Å². The van der Waals surface area contributed by atoms with E-state index in [4.69, 9.17) is 0 Å². The summed E-state index contributed by atoms with van der Waals surface area (Å²) in [5.41, 5.74) is 2.19. The van der Waals surface area contributed by atoms with Crippen LogP contribution in [-0.4, -0.2) is 26.5 Å². The zero-order valence-corrected chi connectivity index (χ0v) is 12.4. The SMILES string of the molecule is CC(C)Nc1cccc(C(=O)Nc2ccnc3ccnn23)c1. The Morgan fingerprint density at radius 3 is 2.86 bits per heavy atom. The van der Waals surface area contributed by atoms with Gasteiger partial charge in [0.15, 0.2) is 5.65 Å². The van der Waals surface area contributed by atoms with Gasteiger partial charge in [-0.15, -0.1) is 0 Å². The highest BCUT2D eigenvalue weighted by atomic mass is 16.1. The summed E-state index contributed by atoms with van der Waals surface area (Å²) in [6.07, 6.45) is 3.29. The molecule has 0 aliphatic carbocycles. The number of benzene rings is 1. The molecule has 0 unspecified atom stereocenters. The topological polar surface area (TPSA) is 71.3 Å². The van der Waals surface area contributed by atoms with Crippen molar-refractivity contribution >= 4 is 23.1 Å². The van der Waals surface area contributed by atoms with Gasteiger partial charge in [-0.1, -0.05) is 6.07 Å². The molecule has 0 radical (unpaired) electrons. The second-order valence-corrected chi connectivity index (χ2v) is 5.27. The summed E-state index contributed by atoms with van der Waals surface area (Å²) in [5.74, 6) is 0.401. The Kier molecular flexibility index (Phi) is 3.74. The number of carbonyl (C=O) groups is 1. The largest absolute Gasteiger partial charge is 0.383 e. The lowest BCUT2D eigenvalue weighted by atomic mass is 10.2. The fourth-order valence-corrected chi connectivity index (χ4v) is 2.20. The Bertz CT molecular complexity index is 809. The van der Waals surface area contributed by atoms with Crippen molar-refractivity contribution in [2.45, 2.75) is 19.9 Å². The maximum absolute atomic E-state index is 12.4. The summed E-state index contributed by atoms with van der Waals surface area (Å²) < 4.78 is 1.59. The van der Waals surface area contributed by atoms with Gasteiger partial charge in [0.1, 0.15) is 5.82 Å². The van der Waals surface area contributed by atoms with Crippen LogP contribution in [0.25, 0.3) is 5.65 Å². The first-order valence-corrected chi connectivity index (χ1v) is 7.10. The van der Waals surface area contributed by atoms with E-state index < -0.39 is 0 Å². The summed E-state index contributed by atoms with van der Waals surface area (Å²) in [6.45, 7) is 4.11. The van der Waals surface area contributed by atoms with Gasteiger partial charge in [-0.3, -0.25) is 4.79 Å². The smallest absolute Gasteiger partial charge is 0.256 e. The summed E-state index contributed by atoms with van der Waals surface area (Å²) in [5, 5.41) is 10.3. The molecule has 0 spiro atoms. The zero-order valence-electron chi connectivity index (χ0n) is 12.4. The number of nitrogens with one attached hydrogen (secondary N) is 2. The molecule has 1 aromatic carbocycles. The van der Waals surface area contributed by atoms with Crippen molar-refractivity contribution in [3.05, 3.63) is 54.4 Å². The molecule has 22 heavy (non-hydrogen) atoms. The predicted molar refractivity (Wildman–Crippen MR) is 86.1 cm³/mol. The van der Waals surface area contributed by atoms with Crippen molar-refractivity contribution in [1.82, 2.24) is 14.6 Å². The summed E-state index contributed by atoms with van der Waals surface area (Å²) in [4.78, 5) is 16.6. The van der Waals surface area contributed by atoms with Crippen molar-refractivity contribution in [2.24, 2.45) is 0 Å². The second-order valence-electron chi connectivity index (χ2n) is 5.27. The van der Waals surface area contributed by atoms with Crippen LogP contribution in [0.2, 0.25) is 0 Å². The Morgan fingerprint density at radius 1 is 1.18 bits per heavy atom. The van der Waals surface area contributed by atoms with Crippen molar-refractivity contribution < 1.29 is 4.79 Å². The Morgan fingerprint density at radius 2 is 2.05 bits per heavy atom. The van der Waals surface area contributed by atoms with Gasteiger partial charge >= 0.3 is 0 Å². The molecule has 6 nitrogen and oxygen atoms in total. The fourth-order valence-electron chi connectivity index (χ4n) is 2.20. The average Bonchev–Trinajstić information content (AvgIpc) is 2.96. The van der Waals surface area contributed by atoms with Crippen molar-refractivity contribution in [1.29, 1.82) is 0 Å². The molecule has 3 aromatic rings. The summed E-state index contributed by atoms with van der Waals surface area (Å²) in [6, 6.07) is 11.2. The number of amides is 1. The molecule has 0 aliphatic heterocycles. The van der Waals surface area contributed by atoms with Crippen LogP contribution in [0.5, 0.6) is 0 Å². The van der Waals surface area contributed by atoms with Gasteiger partial charge in [0.2, 0.25) is 0 Å². The van der Waals surface area contributed by atoms with Crippen LogP contribution in [0, 0.1) is 0 Å². The molecule has 0 saturated heterocycles. The monoisotopic (exact) mass is 295 g/mol. The minimum atomic E-state index is -0.185. The number of anilines is 2. The maximum Gasteiger partial charge on any atom is 0.256 e. The molecule has 2 heterocycles. The van der Waals surface area contributed by atoms with Crippen molar-refractivity contribution in [3.8, 4) is 0 Å². The van der Waals surface area contributed by atoms with Gasteiger partial charge in [-0.2, -0.15) is 9.61 Å². The molecular formula is C16H17N5O. The van der Waals surface area contributed by atoms with Gasteiger partial charge in [-0.05, 0) is 38.1 Å². The lowest BCUT2D eigenvalue weighted by molar-refractivity contribution is 0.102. The molecule has 0 bridgehead atoms. The number of hydrogen-bond acceptors (Lipinski definition) is 4. The fraction of sp³-hybridized carbons (Fsp3) is 0.188. The van der Waals surface area contributed by atoms with Crippen LogP contribution < -0.4 is 10.6 Å². The number of rotatable bonds is 4. The van der Waals surface area contributed by atoms with Crippen LogP contribution in [-0.2, 0) is 0 Å². The molecule has 2 aromatic heterocycles. The standard InChI is InChI=1S/C16H17N5O/c1-11(2)19-13-5-3-4-12(10-13)16(22)20-15-6-8-17-14-7-9-18-21(14)15/h3-11,19H,1-2H3,(H,20,22). The molecule has 0 atom stereocenters. The minimum absolute atomic E-state index is 0.185. The second kappa shape index (κ2) is 5.85. The average molecular weight is 295 g/mol. The molecule has 3 rings (SSSR count). The number of nitrogens with zero attached hydrogens (tertiary/aromatic N) is 3. The van der Waals surface area contributed by atoms with E-state index in [-0.39, 0.29) is 5.91 Å². The number of carbonyl (C=O) groups excluding carboxylic acids is 1. The van der Waals surface area contributed by atoms with Gasteiger partial charge in [0.25, 0.3) is 5.91 Å². The van der Waals surface area contributed by atoms with E-state index >= 15 is 0 Å². The highest BCUT2D eigenvalue weighted by molar-refractivity contribution is 6.04. The van der Waals surface area contributed by atoms with Crippen LogP contribution in [0.1, 0.15) is 24.2 Å². The van der Waals surface area contributed by atoms with E-state index in [1.54, 1.807) is 35.1 Å². The van der Waals surface area contributed by atoms with E-state index in [2.05, 4.69) is 34.6 Å². The molecular weight excluding hydrogens is 278 g/mol. The molecule has 6 heteroatoms. The zero-order chi connectivity index (χ0) is 15.5. The summed E-state index contributed by atoms with van der Waals surface area (Å²) in [7, 11) is 0. The highest BCUT2D eigenvalue weighted by Gasteiger charge is 2.10. The first kappa shape index (κ1) is 14.1. The quantitative estimate of drug-likeness (QED) is 0.776. The maximum atomic E-state index is 12.4. The third-order valence-electron chi connectivity index (χ3n) is 3.11. The minimum Gasteiger partial charge on any atom is -0.383 e. The van der Waals surface area contributed by atoms with Crippen LogP contribution in [0.4, 0.5) is 11.5 Å². The number of aromatic nitrogens is 3. The van der Waals surface area contributed by atoms with Gasteiger partial charge in [-0.25, -0.2) is 4.98 Å². The van der Waals surface area contributed by atoms with E-state index in [1.807, 2.05) is 18.2 Å². The lowest BCUT2D eigenvalue weighted by Gasteiger charge is -2.11. The van der Waals surface area contributed by atoms with Crippen molar-refractivity contribution in [2.75, 3.05) is 10.6 Å². The first-order valence-electron chi connectivity index (χ1n) is 7.10. The number of fused-ring (bicyclic) bond motifs is 1. The Hall–Kier alpha value is -2.89. The highest BCUT2D eigenvalue weighted by Crippen LogP contribution is 2.14. The van der Waals surface area contributed by atoms with Gasteiger partial charge < -0.3 is 10.6 Å². The lowest BCUT2D eigenvalue weighted by Crippen LogP contribution is -2.16. The van der Waals surface area contributed by atoms with E-state index in [0.29, 0.717) is 23.1 Å². The normalized spacial score (nSPS) is 10.9. The van der Waals surface area contributed by atoms with Gasteiger partial charge in [0.05, 0.1) is 6.20 Å². The van der Waals surface area contributed by atoms with E-state index in [0.717, 1.165) is 5.69 Å². The molecule has 0 fully saturated rings. The van der Waals surface area contributed by atoms with Crippen LogP contribution in [0.3, 0.4) is 0 Å². The van der Waals surface area contributed by atoms with Crippen LogP contribution in [0.15, 0.2) is 48.8 Å². The Labute approximate surface area is 128 Å². The molecule has 1 amide bonds. The molecule has 112 valence electrons. The third kappa shape index (κ3) is 2.90. The summed E-state index contributed by atoms with van der Waals surface area (Å²) >= 11 is 0. The number of hydrogen-bond donors (Lipinski definition) is 2. The molecule has 0 saturated carbocycles. The predicted octanol–water partition coefficient (Wildman–Crippen LogP) is 2.80. The van der Waals surface area contributed by atoms with Crippen LogP contribution >= 0.6 is 0 Å². The van der Waals surface area contributed by atoms with Crippen molar-refractivity contribution in [3.63, 3.8) is 0 Å².